The van der Waals surface area contributed by atoms with E-state index in [-0.39, 0.29) is 11.8 Å². The third-order valence-corrected chi connectivity index (χ3v) is 3.12. The van der Waals surface area contributed by atoms with Gasteiger partial charge in [0.05, 0.1) is 5.92 Å². The van der Waals surface area contributed by atoms with Crippen molar-refractivity contribution in [2.24, 2.45) is 5.73 Å². The third-order valence-electron chi connectivity index (χ3n) is 3.12. The lowest BCUT2D eigenvalue weighted by atomic mass is 9.97. The van der Waals surface area contributed by atoms with Gasteiger partial charge in [0.25, 0.3) is 0 Å². The molecule has 2 nitrogen and oxygen atoms in total. The van der Waals surface area contributed by atoms with Crippen molar-refractivity contribution in [1.29, 1.82) is 0 Å². The first-order valence-corrected chi connectivity index (χ1v) is 5.26. The van der Waals surface area contributed by atoms with Crippen LogP contribution in [0.5, 0.6) is 0 Å². The molecular weight excluding hydrogens is 198 g/mol. The molecule has 2 N–H and O–H groups in total. The highest BCUT2D eigenvalue weighted by Gasteiger charge is 2.31. The minimum atomic E-state index is -0.285. The predicted octanol–water partition coefficient (Wildman–Crippen LogP) is 2.28. The molecule has 0 bridgehead atoms. The van der Waals surface area contributed by atoms with Crippen LogP contribution in [0.4, 0.5) is 0 Å². The van der Waals surface area contributed by atoms with Gasteiger partial charge in [0.1, 0.15) is 0 Å². The molecule has 0 saturated carbocycles. The standard InChI is InChI=1S/C14H11NO/c15-14(16)13-11-7-3-1-5-9(11)10-6-2-4-8-12(10)13/h1-8,13H,(H2,15,16). The van der Waals surface area contributed by atoms with Crippen LogP contribution in [0.15, 0.2) is 48.5 Å². The van der Waals surface area contributed by atoms with Crippen LogP contribution in [-0.2, 0) is 4.79 Å². The molecule has 2 aromatic carbocycles. The first-order valence-electron chi connectivity index (χ1n) is 5.26. The fourth-order valence-electron chi connectivity index (χ4n) is 2.46. The van der Waals surface area contributed by atoms with Gasteiger partial charge in [-0.25, -0.2) is 0 Å². The molecule has 0 atom stereocenters. The van der Waals surface area contributed by atoms with Gasteiger partial charge in [0, 0.05) is 0 Å². The van der Waals surface area contributed by atoms with Crippen LogP contribution in [0.1, 0.15) is 17.0 Å². The van der Waals surface area contributed by atoms with Gasteiger partial charge in [0.2, 0.25) is 5.91 Å². The number of rotatable bonds is 1. The van der Waals surface area contributed by atoms with E-state index in [1.54, 1.807) is 0 Å². The van der Waals surface area contributed by atoms with Gasteiger partial charge in [-0.15, -0.1) is 0 Å². The van der Waals surface area contributed by atoms with E-state index in [4.69, 9.17) is 5.73 Å². The van der Waals surface area contributed by atoms with E-state index in [0.717, 1.165) is 22.3 Å². The molecule has 0 aliphatic heterocycles. The van der Waals surface area contributed by atoms with Gasteiger partial charge in [-0.2, -0.15) is 0 Å². The number of hydrogen-bond donors (Lipinski definition) is 1. The molecule has 2 aromatic rings. The third kappa shape index (κ3) is 1.10. The highest BCUT2D eigenvalue weighted by molar-refractivity contribution is 5.95. The molecule has 16 heavy (non-hydrogen) atoms. The summed E-state index contributed by atoms with van der Waals surface area (Å²) in [4.78, 5) is 11.5. The topological polar surface area (TPSA) is 43.1 Å². The van der Waals surface area contributed by atoms with E-state index in [2.05, 4.69) is 0 Å². The van der Waals surface area contributed by atoms with Crippen molar-refractivity contribution >= 4 is 5.91 Å². The van der Waals surface area contributed by atoms with E-state index in [0.29, 0.717) is 0 Å². The minimum absolute atomic E-state index is 0.280. The van der Waals surface area contributed by atoms with Gasteiger partial charge < -0.3 is 5.73 Å². The summed E-state index contributed by atoms with van der Waals surface area (Å²) in [7, 11) is 0. The smallest absolute Gasteiger partial charge is 0.229 e. The van der Waals surface area contributed by atoms with Crippen molar-refractivity contribution < 1.29 is 4.79 Å². The van der Waals surface area contributed by atoms with Crippen molar-refractivity contribution in [2.75, 3.05) is 0 Å². The summed E-state index contributed by atoms with van der Waals surface area (Å²) in [6.45, 7) is 0. The number of hydrogen-bond acceptors (Lipinski definition) is 1. The lowest BCUT2D eigenvalue weighted by molar-refractivity contribution is -0.118. The van der Waals surface area contributed by atoms with Crippen molar-refractivity contribution in [3.63, 3.8) is 0 Å². The van der Waals surface area contributed by atoms with E-state index in [1.165, 1.54) is 0 Å². The summed E-state index contributed by atoms with van der Waals surface area (Å²) >= 11 is 0. The Balaban J connectivity index is 2.34. The second kappa shape index (κ2) is 3.20. The van der Waals surface area contributed by atoms with Gasteiger partial charge in [-0.05, 0) is 22.3 Å². The molecule has 1 aliphatic carbocycles. The Morgan fingerprint density at radius 3 is 1.75 bits per heavy atom. The maximum atomic E-state index is 11.5. The molecule has 0 aromatic heterocycles. The van der Waals surface area contributed by atoms with Crippen LogP contribution in [0, 0.1) is 0 Å². The molecule has 78 valence electrons. The summed E-state index contributed by atoms with van der Waals surface area (Å²) in [5.41, 5.74) is 9.79. The predicted molar refractivity (Wildman–Crippen MR) is 62.9 cm³/mol. The Morgan fingerprint density at radius 2 is 1.31 bits per heavy atom. The van der Waals surface area contributed by atoms with Crippen LogP contribution in [0.25, 0.3) is 11.1 Å². The zero-order chi connectivity index (χ0) is 11.1. The van der Waals surface area contributed by atoms with Crippen LogP contribution >= 0.6 is 0 Å². The summed E-state index contributed by atoms with van der Waals surface area (Å²) in [6, 6.07) is 15.9. The maximum Gasteiger partial charge on any atom is 0.229 e. The van der Waals surface area contributed by atoms with Crippen LogP contribution in [0.3, 0.4) is 0 Å². The first-order chi connectivity index (χ1) is 7.79. The molecule has 1 aliphatic rings. The zero-order valence-corrected chi connectivity index (χ0v) is 8.68. The number of amides is 1. The molecule has 0 fully saturated rings. The number of fused-ring (bicyclic) bond motifs is 3. The second-order valence-electron chi connectivity index (χ2n) is 4.01. The second-order valence-corrected chi connectivity index (χ2v) is 4.01. The first kappa shape index (κ1) is 9.16. The minimum Gasteiger partial charge on any atom is -0.369 e. The average molecular weight is 209 g/mol. The van der Waals surface area contributed by atoms with Gasteiger partial charge >= 0.3 is 0 Å². The Hall–Kier alpha value is -2.09. The molecule has 3 rings (SSSR count). The van der Waals surface area contributed by atoms with Crippen LogP contribution < -0.4 is 5.73 Å². The van der Waals surface area contributed by atoms with Crippen LogP contribution in [0.2, 0.25) is 0 Å². The zero-order valence-electron chi connectivity index (χ0n) is 8.68. The Bertz CT molecular complexity index is 529. The van der Waals surface area contributed by atoms with E-state index < -0.39 is 0 Å². The number of nitrogens with two attached hydrogens (primary N) is 1. The maximum absolute atomic E-state index is 11.5. The number of benzene rings is 2. The summed E-state index contributed by atoms with van der Waals surface area (Å²) in [6.07, 6.45) is 0. The molecule has 2 heteroatoms. The largest absolute Gasteiger partial charge is 0.369 e. The van der Waals surface area contributed by atoms with Crippen LogP contribution in [-0.4, -0.2) is 5.91 Å². The van der Waals surface area contributed by atoms with Crippen molar-refractivity contribution in [3.8, 4) is 11.1 Å². The number of carbonyl (C=O) groups excluding carboxylic acids is 1. The number of primary amides is 1. The summed E-state index contributed by atoms with van der Waals surface area (Å²) in [5, 5.41) is 0. The normalized spacial score (nSPS) is 13.2. The molecular formula is C14H11NO. The fraction of sp³-hybridized carbons (Fsp3) is 0.0714. The number of carbonyl (C=O) groups is 1. The Kier molecular flexibility index (Phi) is 1.83. The summed E-state index contributed by atoms with van der Waals surface area (Å²) < 4.78 is 0. The fourth-order valence-corrected chi connectivity index (χ4v) is 2.46. The lowest BCUT2D eigenvalue weighted by Gasteiger charge is -2.07. The SMILES string of the molecule is NC(=O)C1c2ccccc2-c2ccccc21. The molecule has 0 unspecified atom stereocenters. The monoisotopic (exact) mass is 209 g/mol. The van der Waals surface area contributed by atoms with E-state index >= 15 is 0 Å². The molecule has 0 spiro atoms. The van der Waals surface area contributed by atoms with Crippen molar-refractivity contribution in [3.05, 3.63) is 59.7 Å². The molecule has 0 radical (unpaired) electrons. The average Bonchev–Trinajstić information content (AvgIpc) is 2.63. The van der Waals surface area contributed by atoms with E-state index in [9.17, 15) is 4.79 Å². The van der Waals surface area contributed by atoms with Gasteiger partial charge in [0.15, 0.2) is 0 Å². The van der Waals surface area contributed by atoms with Gasteiger partial charge in [-0.1, -0.05) is 48.5 Å². The van der Waals surface area contributed by atoms with Crippen molar-refractivity contribution in [1.82, 2.24) is 0 Å². The highest BCUT2D eigenvalue weighted by atomic mass is 16.1. The Morgan fingerprint density at radius 1 is 0.875 bits per heavy atom. The highest BCUT2D eigenvalue weighted by Crippen LogP contribution is 2.44. The van der Waals surface area contributed by atoms with E-state index in [1.807, 2.05) is 48.5 Å². The van der Waals surface area contributed by atoms with Gasteiger partial charge in [-0.3, -0.25) is 4.79 Å². The molecule has 0 saturated heterocycles. The lowest BCUT2D eigenvalue weighted by Crippen LogP contribution is -2.20. The quantitative estimate of drug-likeness (QED) is 0.769. The molecule has 0 heterocycles. The Labute approximate surface area is 93.7 Å². The van der Waals surface area contributed by atoms with Crippen molar-refractivity contribution in [2.45, 2.75) is 5.92 Å². The summed E-state index contributed by atoms with van der Waals surface area (Å²) in [5.74, 6) is -0.565. The molecule has 1 amide bonds.